The molecule has 0 saturated carbocycles. The molecule has 2 heterocycles. The van der Waals surface area contributed by atoms with Crippen LogP contribution in [0.2, 0.25) is 0 Å². The zero-order chi connectivity index (χ0) is 15.7. The van der Waals surface area contributed by atoms with Crippen LogP contribution in [0.1, 0.15) is 17.3 Å². The minimum absolute atomic E-state index is 0.223. The highest BCUT2D eigenvalue weighted by Crippen LogP contribution is 2.28. The SMILES string of the molecule is COc1ccc(F)c(-c2nc(Cn3cnc(C)n3)c(C)o2)c1. The first-order valence-corrected chi connectivity index (χ1v) is 6.73. The van der Waals surface area contributed by atoms with E-state index in [4.69, 9.17) is 9.15 Å². The molecule has 0 atom stereocenters. The van der Waals surface area contributed by atoms with E-state index in [1.54, 1.807) is 30.1 Å². The summed E-state index contributed by atoms with van der Waals surface area (Å²) in [6, 6.07) is 4.44. The number of aromatic nitrogens is 4. The monoisotopic (exact) mass is 302 g/mol. The van der Waals surface area contributed by atoms with Gasteiger partial charge in [-0.25, -0.2) is 19.0 Å². The van der Waals surface area contributed by atoms with Crippen molar-refractivity contribution in [2.45, 2.75) is 20.4 Å². The number of hydrogen-bond acceptors (Lipinski definition) is 5. The number of aryl methyl sites for hydroxylation is 2. The quantitative estimate of drug-likeness (QED) is 0.741. The summed E-state index contributed by atoms with van der Waals surface area (Å²) >= 11 is 0. The Hall–Kier alpha value is -2.70. The first kappa shape index (κ1) is 14.2. The molecule has 0 aliphatic heterocycles. The average molecular weight is 302 g/mol. The topological polar surface area (TPSA) is 66.0 Å². The maximum absolute atomic E-state index is 14.0. The summed E-state index contributed by atoms with van der Waals surface area (Å²) in [5, 5.41) is 4.20. The number of rotatable bonds is 4. The largest absolute Gasteiger partial charge is 0.497 e. The molecule has 3 aromatic rings. The van der Waals surface area contributed by atoms with Crippen LogP contribution in [-0.2, 0) is 6.54 Å². The van der Waals surface area contributed by atoms with Gasteiger partial charge in [0.1, 0.15) is 35.2 Å². The second-order valence-corrected chi connectivity index (χ2v) is 4.86. The first-order valence-electron chi connectivity index (χ1n) is 6.73. The number of ether oxygens (including phenoxy) is 1. The normalized spacial score (nSPS) is 10.9. The van der Waals surface area contributed by atoms with Crippen molar-refractivity contribution in [1.82, 2.24) is 19.7 Å². The second kappa shape index (κ2) is 5.59. The maximum atomic E-state index is 14.0. The van der Waals surface area contributed by atoms with Gasteiger partial charge in [-0.15, -0.1) is 0 Å². The smallest absolute Gasteiger partial charge is 0.229 e. The fourth-order valence-corrected chi connectivity index (χ4v) is 2.10. The molecule has 0 fully saturated rings. The summed E-state index contributed by atoms with van der Waals surface area (Å²) in [5.74, 6) is 1.65. The van der Waals surface area contributed by atoms with Gasteiger partial charge >= 0.3 is 0 Å². The van der Waals surface area contributed by atoms with Crippen molar-refractivity contribution in [3.63, 3.8) is 0 Å². The highest BCUT2D eigenvalue weighted by molar-refractivity contribution is 5.57. The molecule has 7 heteroatoms. The van der Waals surface area contributed by atoms with E-state index < -0.39 is 5.82 Å². The van der Waals surface area contributed by atoms with Crippen LogP contribution in [0.25, 0.3) is 11.5 Å². The summed E-state index contributed by atoms with van der Waals surface area (Å²) in [4.78, 5) is 8.43. The van der Waals surface area contributed by atoms with Crippen LogP contribution >= 0.6 is 0 Å². The molecule has 0 N–H and O–H groups in total. The Morgan fingerprint density at radius 2 is 2.14 bits per heavy atom. The van der Waals surface area contributed by atoms with Crippen molar-refractivity contribution in [3.05, 3.63) is 47.6 Å². The summed E-state index contributed by atoms with van der Waals surface area (Å²) in [6.45, 7) is 4.01. The molecule has 114 valence electrons. The molecular weight excluding hydrogens is 287 g/mol. The van der Waals surface area contributed by atoms with E-state index in [-0.39, 0.29) is 11.5 Å². The van der Waals surface area contributed by atoms with Crippen LogP contribution in [0.3, 0.4) is 0 Å². The van der Waals surface area contributed by atoms with Gasteiger partial charge in [0.25, 0.3) is 0 Å². The van der Waals surface area contributed by atoms with Gasteiger partial charge in [-0.1, -0.05) is 0 Å². The minimum Gasteiger partial charge on any atom is -0.497 e. The number of methoxy groups -OCH3 is 1. The minimum atomic E-state index is -0.412. The summed E-state index contributed by atoms with van der Waals surface area (Å²) < 4.78 is 26.3. The van der Waals surface area contributed by atoms with E-state index in [2.05, 4.69) is 15.1 Å². The Balaban J connectivity index is 1.95. The molecule has 0 spiro atoms. The zero-order valence-corrected chi connectivity index (χ0v) is 12.5. The molecule has 0 aliphatic carbocycles. The van der Waals surface area contributed by atoms with Crippen LogP contribution in [0, 0.1) is 19.7 Å². The third-order valence-corrected chi connectivity index (χ3v) is 3.26. The van der Waals surface area contributed by atoms with E-state index in [9.17, 15) is 4.39 Å². The lowest BCUT2D eigenvalue weighted by molar-refractivity contribution is 0.413. The Bertz CT molecular complexity index is 810. The highest BCUT2D eigenvalue weighted by Gasteiger charge is 2.16. The van der Waals surface area contributed by atoms with Gasteiger partial charge in [-0.3, -0.25) is 0 Å². The van der Waals surface area contributed by atoms with Crippen LogP contribution in [0.15, 0.2) is 28.9 Å². The fraction of sp³-hybridized carbons (Fsp3) is 0.267. The summed E-state index contributed by atoms with van der Waals surface area (Å²) in [7, 11) is 1.52. The Morgan fingerprint density at radius 1 is 1.32 bits per heavy atom. The number of oxazole rings is 1. The zero-order valence-electron chi connectivity index (χ0n) is 12.5. The number of nitrogens with zero attached hydrogens (tertiary/aromatic N) is 4. The van der Waals surface area contributed by atoms with Gasteiger partial charge < -0.3 is 9.15 Å². The molecule has 0 radical (unpaired) electrons. The number of hydrogen-bond donors (Lipinski definition) is 0. The molecule has 0 saturated heterocycles. The molecule has 0 bridgehead atoms. The van der Waals surface area contributed by atoms with Crippen molar-refractivity contribution >= 4 is 0 Å². The van der Waals surface area contributed by atoms with Crippen LogP contribution in [0.5, 0.6) is 5.75 Å². The Labute approximate surface area is 126 Å². The molecule has 0 aliphatic rings. The van der Waals surface area contributed by atoms with Crippen molar-refractivity contribution in [3.8, 4) is 17.2 Å². The van der Waals surface area contributed by atoms with Gasteiger partial charge in [0, 0.05) is 0 Å². The molecule has 22 heavy (non-hydrogen) atoms. The molecule has 0 unspecified atom stereocenters. The van der Waals surface area contributed by atoms with E-state index in [1.165, 1.54) is 13.2 Å². The van der Waals surface area contributed by atoms with Gasteiger partial charge in [0.15, 0.2) is 0 Å². The standard InChI is InChI=1S/C15H15FN4O2/c1-9-14(7-20-8-17-10(2)19-20)18-15(22-9)12-6-11(21-3)4-5-13(12)16/h4-6,8H,7H2,1-3H3. The Morgan fingerprint density at radius 3 is 2.82 bits per heavy atom. The first-order chi connectivity index (χ1) is 10.6. The fourth-order valence-electron chi connectivity index (χ4n) is 2.10. The van der Waals surface area contributed by atoms with Crippen LogP contribution < -0.4 is 4.74 Å². The maximum Gasteiger partial charge on any atom is 0.229 e. The third-order valence-electron chi connectivity index (χ3n) is 3.26. The van der Waals surface area contributed by atoms with E-state index >= 15 is 0 Å². The third kappa shape index (κ3) is 2.69. The molecule has 3 rings (SSSR count). The van der Waals surface area contributed by atoms with Crippen LogP contribution in [0.4, 0.5) is 4.39 Å². The highest BCUT2D eigenvalue weighted by atomic mass is 19.1. The van der Waals surface area contributed by atoms with Gasteiger partial charge in [-0.05, 0) is 32.0 Å². The lowest BCUT2D eigenvalue weighted by Crippen LogP contribution is -2.02. The number of halogens is 1. The lowest BCUT2D eigenvalue weighted by atomic mass is 10.2. The van der Waals surface area contributed by atoms with Gasteiger partial charge in [0.05, 0.1) is 19.2 Å². The second-order valence-electron chi connectivity index (χ2n) is 4.86. The van der Waals surface area contributed by atoms with E-state index in [0.29, 0.717) is 29.6 Å². The van der Waals surface area contributed by atoms with Crippen molar-refractivity contribution in [2.75, 3.05) is 7.11 Å². The Kier molecular flexibility index (Phi) is 3.62. The molecule has 2 aromatic heterocycles. The van der Waals surface area contributed by atoms with Crippen molar-refractivity contribution in [2.24, 2.45) is 0 Å². The predicted molar refractivity (Wildman–Crippen MR) is 77.0 cm³/mol. The lowest BCUT2D eigenvalue weighted by Gasteiger charge is -2.02. The molecular formula is C15H15FN4O2. The van der Waals surface area contributed by atoms with E-state index in [0.717, 1.165) is 0 Å². The molecule has 1 aromatic carbocycles. The molecule has 0 amide bonds. The average Bonchev–Trinajstić information content (AvgIpc) is 3.06. The van der Waals surface area contributed by atoms with Gasteiger partial charge in [0.2, 0.25) is 5.89 Å². The van der Waals surface area contributed by atoms with Crippen molar-refractivity contribution < 1.29 is 13.5 Å². The summed E-state index contributed by atoms with van der Waals surface area (Å²) in [6.07, 6.45) is 1.62. The summed E-state index contributed by atoms with van der Waals surface area (Å²) in [5.41, 5.74) is 0.950. The van der Waals surface area contributed by atoms with Crippen LogP contribution in [-0.4, -0.2) is 26.9 Å². The van der Waals surface area contributed by atoms with Gasteiger partial charge in [-0.2, -0.15) is 5.10 Å². The predicted octanol–water partition coefficient (Wildman–Crippen LogP) is 2.75. The number of benzene rings is 1. The van der Waals surface area contributed by atoms with E-state index in [1.807, 2.05) is 6.92 Å². The molecule has 6 nitrogen and oxygen atoms in total. The van der Waals surface area contributed by atoms with Crippen molar-refractivity contribution in [1.29, 1.82) is 0 Å².